The number of nitrogens with one attached hydrogen (secondary N) is 1. The zero-order valence-corrected chi connectivity index (χ0v) is 19.6. The Bertz CT molecular complexity index is 1250. The van der Waals surface area contributed by atoms with Crippen LogP contribution in [0.2, 0.25) is 10.0 Å². The van der Waals surface area contributed by atoms with Gasteiger partial charge in [-0.05, 0) is 36.4 Å². The highest BCUT2D eigenvalue weighted by Crippen LogP contribution is 2.35. The summed E-state index contributed by atoms with van der Waals surface area (Å²) in [5.74, 6) is 0.686. The molecule has 1 aliphatic heterocycles. The molecule has 1 aliphatic rings. The van der Waals surface area contributed by atoms with Crippen LogP contribution in [0, 0.1) is 0 Å². The van der Waals surface area contributed by atoms with E-state index in [1.807, 2.05) is 12.1 Å². The first-order valence-corrected chi connectivity index (χ1v) is 12.2. The molecule has 10 heteroatoms. The van der Waals surface area contributed by atoms with Crippen LogP contribution in [0.1, 0.15) is 0 Å². The molecule has 0 fully saturated rings. The number of rotatable bonds is 7. The minimum atomic E-state index is -4.10. The predicted molar refractivity (Wildman–Crippen MR) is 127 cm³/mol. The molecule has 0 aromatic heterocycles. The number of nitrogens with zero attached hydrogens (tertiary/aromatic N) is 1. The zero-order valence-electron chi connectivity index (χ0n) is 17.3. The van der Waals surface area contributed by atoms with Crippen LogP contribution in [0.15, 0.2) is 77.7 Å². The van der Waals surface area contributed by atoms with Crippen molar-refractivity contribution in [3.8, 4) is 11.5 Å². The number of benzene rings is 3. The summed E-state index contributed by atoms with van der Waals surface area (Å²) >= 11 is 12.4. The Morgan fingerprint density at radius 1 is 0.970 bits per heavy atom. The molecule has 0 spiro atoms. The summed E-state index contributed by atoms with van der Waals surface area (Å²) < 4.78 is 39.2. The van der Waals surface area contributed by atoms with E-state index in [4.69, 9.17) is 32.7 Å². The topological polar surface area (TPSA) is 84.9 Å². The quantitative estimate of drug-likeness (QED) is 0.520. The van der Waals surface area contributed by atoms with Crippen molar-refractivity contribution in [3.63, 3.8) is 0 Å². The van der Waals surface area contributed by atoms with E-state index in [2.05, 4.69) is 5.32 Å². The number of carbonyl (C=O) groups excluding carboxylic acids is 1. The largest absolute Gasteiger partial charge is 0.486 e. The van der Waals surface area contributed by atoms with Gasteiger partial charge in [-0.25, -0.2) is 8.42 Å². The maximum absolute atomic E-state index is 13.4. The molecule has 172 valence electrons. The van der Waals surface area contributed by atoms with Crippen LogP contribution in [0.5, 0.6) is 11.5 Å². The molecule has 33 heavy (non-hydrogen) atoms. The summed E-state index contributed by atoms with van der Waals surface area (Å²) in [6.45, 7) is -0.111. The Morgan fingerprint density at radius 2 is 1.67 bits per heavy atom. The van der Waals surface area contributed by atoms with Gasteiger partial charge in [0.2, 0.25) is 5.91 Å². The fourth-order valence-corrected chi connectivity index (χ4v) is 5.18. The van der Waals surface area contributed by atoms with Crippen molar-refractivity contribution < 1.29 is 22.7 Å². The van der Waals surface area contributed by atoms with Crippen molar-refractivity contribution in [1.82, 2.24) is 5.32 Å². The summed E-state index contributed by atoms with van der Waals surface area (Å²) in [5.41, 5.74) is 0.106. The molecule has 1 heterocycles. The number of amides is 1. The average Bonchev–Trinajstić information content (AvgIpc) is 2.83. The number of para-hydroxylation sites is 2. The highest BCUT2D eigenvalue weighted by molar-refractivity contribution is 7.92. The van der Waals surface area contributed by atoms with E-state index in [9.17, 15) is 13.2 Å². The van der Waals surface area contributed by atoms with Crippen LogP contribution in [-0.4, -0.2) is 40.1 Å². The Hall–Kier alpha value is -2.94. The number of sulfonamides is 1. The smallest absolute Gasteiger partial charge is 0.264 e. The molecule has 7 nitrogen and oxygen atoms in total. The molecule has 1 amide bonds. The first kappa shape index (κ1) is 23.2. The van der Waals surface area contributed by atoms with Gasteiger partial charge in [-0.2, -0.15) is 0 Å². The molecule has 4 rings (SSSR count). The van der Waals surface area contributed by atoms with Gasteiger partial charge in [0.25, 0.3) is 10.0 Å². The summed E-state index contributed by atoms with van der Waals surface area (Å²) in [6, 6.07) is 19.6. The predicted octanol–water partition coefficient (Wildman–Crippen LogP) is 4.14. The van der Waals surface area contributed by atoms with Gasteiger partial charge in [-0.15, -0.1) is 0 Å². The zero-order chi connectivity index (χ0) is 23.4. The van der Waals surface area contributed by atoms with Crippen molar-refractivity contribution in [2.24, 2.45) is 0 Å². The molecule has 1 N–H and O–H groups in total. The SMILES string of the molecule is O=C(CN(c1cccc(Cl)c1Cl)S(=O)(=O)c1ccccc1)NC[C@@H]1COc2ccccc2O1. The van der Waals surface area contributed by atoms with E-state index in [1.165, 1.54) is 18.2 Å². The highest BCUT2D eigenvalue weighted by Gasteiger charge is 2.30. The van der Waals surface area contributed by atoms with Crippen molar-refractivity contribution >= 4 is 44.8 Å². The third-order valence-corrected chi connectivity index (χ3v) is 7.50. The lowest BCUT2D eigenvalue weighted by atomic mass is 10.2. The molecule has 1 atom stereocenters. The lowest BCUT2D eigenvalue weighted by Gasteiger charge is -2.28. The van der Waals surface area contributed by atoms with E-state index >= 15 is 0 Å². The van der Waals surface area contributed by atoms with E-state index < -0.39 is 28.6 Å². The lowest BCUT2D eigenvalue weighted by molar-refractivity contribution is -0.120. The van der Waals surface area contributed by atoms with E-state index in [0.717, 1.165) is 4.31 Å². The van der Waals surface area contributed by atoms with Gasteiger partial charge >= 0.3 is 0 Å². The third kappa shape index (κ3) is 5.19. The van der Waals surface area contributed by atoms with E-state index in [0.29, 0.717) is 11.5 Å². The second-order valence-corrected chi connectivity index (χ2v) is 9.85. The fraction of sp³-hybridized carbons (Fsp3) is 0.174. The Labute approximate surface area is 201 Å². The number of ether oxygens (including phenoxy) is 2. The Balaban J connectivity index is 1.52. The summed E-state index contributed by atoms with van der Waals surface area (Å²) in [5, 5.41) is 2.92. The summed E-state index contributed by atoms with van der Waals surface area (Å²) in [7, 11) is -4.10. The van der Waals surface area contributed by atoms with E-state index in [1.54, 1.807) is 42.5 Å². The minimum Gasteiger partial charge on any atom is -0.486 e. The number of anilines is 1. The van der Waals surface area contributed by atoms with Crippen LogP contribution in [-0.2, 0) is 14.8 Å². The number of hydrogen-bond donors (Lipinski definition) is 1. The van der Waals surface area contributed by atoms with Gasteiger partial charge in [0, 0.05) is 0 Å². The molecule has 0 aliphatic carbocycles. The standard InChI is InChI=1S/C23H20Cl2N2O5S/c24-18-9-6-10-19(23(18)25)27(33(29,30)17-7-2-1-3-8-17)14-22(28)26-13-16-15-31-20-11-4-5-12-21(20)32-16/h1-12,16H,13-15H2,(H,26,28)/t16-/m1/s1. The molecule has 0 radical (unpaired) electrons. The maximum Gasteiger partial charge on any atom is 0.264 e. The van der Waals surface area contributed by atoms with Crippen molar-refractivity contribution in [1.29, 1.82) is 0 Å². The number of hydrogen-bond acceptors (Lipinski definition) is 5. The summed E-state index contributed by atoms with van der Waals surface area (Å²) in [4.78, 5) is 12.8. The van der Waals surface area contributed by atoms with Gasteiger partial charge in [-0.1, -0.05) is 59.6 Å². The molecule has 0 saturated heterocycles. The third-order valence-electron chi connectivity index (χ3n) is 4.91. The second-order valence-electron chi connectivity index (χ2n) is 7.20. The van der Waals surface area contributed by atoms with Crippen LogP contribution < -0.4 is 19.1 Å². The van der Waals surface area contributed by atoms with Gasteiger partial charge in [0.15, 0.2) is 11.5 Å². The number of halogens is 2. The van der Waals surface area contributed by atoms with Crippen LogP contribution in [0.3, 0.4) is 0 Å². The van der Waals surface area contributed by atoms with Crippen LogP contribution >= 0.6 is 23.2 Å². The number of carbonyl (C=O) groups is 1. The van der Waals surface area contributed by atoms with Crippen molar-refractivity contribution in [3.05, 3.63) is 82.8 Å². The second kappa shape index (κ2) is 9.91. The Morgan fingerprint density at radius 3 is 2.42 bits per heavy atom. The normalized spacial score (nSPS) is 15.0. The Kier molecular flexibility index (Phi) is 6.97. The molecular formula is C23H20Cl2N2O5S. The van der Waals surface area contributed by atoms with Crippen LogP contribution in [0.25, 0.3) is 0 Å². The maximum atomic E-state index is 13.4. The van der Waals surface area contributed by atoms with Gasteiger partial charge in [-0.3, -0.25) is 9.10 Å². The molecule has 3 aromatic carbocycles. The van der Waals surface area contributed by atoms with E-state index in [-0.39, 0.29) is 33.8 Å². The molecule has 0 bridgehead atoms. The molecule has 0 unspecified atom stereocenters. The fourth-order valence-electron chi connectivity index (χ4n) is 3.28. The first-order chi connectivity index (χ1) is 15.9. The van der Waals surface area contributed by atoms with Gasteiger partial charge < -0.3 is 14.8 Å². The number of fused-ring (bicyclic) bond motifs is 1. The van der Waals surface area contributed by atoms with Crippen LogP contribution in [0.4, 0.5) is 5.69 Å². The minimum absolute atomic E-state index is 0.0227. The van der Waals surface area contributed by atoms with Crippen molar-refractivity contribution in [2.45, 2.75) is 11.0 Å². The van der Waals surface area contributed by atoms with Gasteiger partial charge in [0.05, 0.1) is 27.2 Å². The highest BCUT2D eigenvalue weighted by atomic mass is 35.5. The molecule has 3 aromatic rings. The van der Waals surface area contributed by atoms with Gasteiger partial charge in [0.1, 0.15) is 19.3 Å². The average molecular weight is 507 g/mol. The summed E-state index contributed by atoms with van der Waals surface area (Å²) in [6.07, 6.45) is -0.419. The molecular weight excluding hydrogens is 487 g/mol. The monoisotopic (exact) mass is 506 g/mol. The first-order valence-electron chi connectivity index (χ1n) is 10.0. The molecule has 0 saturated carbocycles. The lowest BCUT2D eigenvalue weighted by Crippen LogP contribution is -2.45. The van der Waals surface area contributed by atoms with Crippen molar-refractivity contribution in [2.75, 3.05) is 24.0 Å².